The number of aromatic amines is 1. The first-order chi connectivity index (χ1) is 15.3. The second-order valence-electron chi connectivity index (χ2n) is 7.89. The van der Waals surface area contributed by atoms with Gasteiger partial charge in [0, 0.05) is 19.6 Å². The zero-order valence-corrected chi connectivity index (χ0v) is 18.0. The topological polar surface area (TPSA) is 138 Å². The molecule has 0 saturated heterocycles. The molecule has 2 aromatic heterocycles. The van der Waals surface area contributed by atoms with E-state index in [1.54, 1.807) is 0 Å². The number of carbonyl (C=O) groups excluding carboxylic acids is 1. The number of hydrogen-bond donors (Lipinski definition) is 3. The van der Waals surface area contributed by atoms with Crippen LogP contribution in [0, 0.1) is 6.92 Å². The normalized spacial score (nSPS) is 13.5. The third kappa shape index (κ3) is 3.19. The van der Waals surface area contributed by atoms with Crippen LogP contribution in [0.2, 0.25) is 0 Å². The third-order valence-corrected chi connectivity index (χ3v) is 6.81. The summed E-state index contributed by atoms with van der Waals surface area (Å²) >= 11 is 1.33. The second kappa shape index (κ2) is 7.41. The highest BCUT2D eigenvalue weighted by molar-refractivity contribution is 7.16. The van der Waals surface area contributed by atoms with E-state index >= 15 is 0 Å². The van der Waals surface area contributed by atoms with E-state index in [1.807, 2.05) is 35.4 Å². The standard InChI is InChI=1S/C22H19N5O4S/c1-10-9-32-22-14(10)20(30)25-19(26-22)21(31)24-7-11-2-3-12-4-5-27(8-13(12)6-11)16-15(23)17(28)18(16)29/h2-3,6,9H,4-5,7-8,23H2,1H3,(H,24,31)(H,25,26,30). The first-order valence-corrected chi connectivity index (χ1v) is 10.9. The molecule has 5 rings (SSSR count). The molecule has 3 heterocycles. The summed E-state index contributed by atoms with van der Waals surface area (Å²) in [5.74, 6) is -0.491. The van der Waals surface area contributed by atoms with Gasteiger partial charge in [-0.3, -0.25) is 19.2 Å². The predicted molar refractivity (Wildman–Crippen MR) is 123 cm³/mol. The largest absolute Gasteiger partial charge is 0.394 e. The van der Waals surface area contributed by atoms with Crippen LogP contribution in [-0.2, 0) is 19.5 Å². The molecule has 0 radical (unpaired) electrons. The van der Waals surface area contributed by atoms with E-state index in [-0.39, 0.29) is 23.6 Å². The van der Waals surface area contributed by atoms with Gasteiger partial charge in [0.1, 0.15) is 16.2 Å². The van der Waals surface area contributed by atoms with Gasteiger partial charge in [-0.25, -0.2) is 4.98 Å². The number of amides is 1. The molecule has 0 aliphatic carbocycles. The molecule has 4 N–H and O–H groups in total. The fraction of sp³-hybridized carbons (Fsp3) is 0.227. The average Bonchev–Trinajstić information content (AvgIpc) is 3.18. The van der Waals surface area contributed by atoms with Crippen LogP contribution in [0.15, 0.2) is 38.0 Å². The van der Waals surface area contributed by atoms with Crippen molar-refractivity contribution < 1.29 is 4.79 Å². The molecule has 0 spiro atoms. The zero-order chi connectivity index (χ0) is 22.6. The van der Waals surface area contributed by atoms with Gasteiger partial charge < -0.3 is 20.9 Å². The average molecular weight is 449 g/mol. The van der Waals surface area contributed by atoms with Gasteiger partial charge in [0.15, 0.2) is 0 Å². The van der Waals surface area contributed by atoms with Gasteiger partial charge >= 0.3 is 0 Å². The minimum Gasteiger partial charge on any atom is -0.394 e. The van der Waals surface area contributed by atoms with E-state index in [1.165, 1.54) is 11.3 Å². The minimum absolute atomic E-state index is 0.0240. The van der Waals surface area contributed by atoms with Crippen molar-refractivity contribution in [3.63, 3.8) is 0 Å². The van der Waals surface area contributed by atoms with Crippen molar-refractivity contribution >= 4 is 38.8 Å². The number of rotatable bonds is 4. The number of H-pyrrole nitrogens is 1. The lowest BCUT2D eigenvalue weighted by Gasteiger charge is -2.32. The molecule has 1 aliphatic heterocycles. The second-order valence-corrected chi connectivity index (χ2v) is 8.75. The Labute approximate surface area is 185 Å². The lowest BCUT2D eigenvalue weighted by Crippen LogP contribution is -2.44. The Morgan fingerprint density at radius 3 is 2.84 bits per heavy atom. The Morgan fingerprint density at radius 2 is 2.06 bits per heavy atom. The summed E-state index contributed by atoms with van der Waals surface area (Å²) in [5, 5.41) is 5.13. The van der Waals surface area contributed by atoms with Gasteiger partial charge in [-0.2, -0.15) is 0 Å². The highest BCUT2D eigenvalue weighted by Gasteiger charge is 2.26. The van der Waals surface area contributed by atoms with Gasteiger partial charge in [0.05, 0.1) is 5.39 Å². The van der Waals surface area contributed by atoms with Crippen molar-refractivity contribution in [1.29, 1.82) is 0 Å². The lowest BCUT2D eigenvalue weighted by atomic mass is 9.96. The van der Waals surface area contributed by atoms with Gasteiger partial charge in [-0.15, -0.1) is 11.3 Å². The number of fused-ring (bicyclic) bond motifs is 2. The molecule has 162 valence electrons. The number of thiophene rings is 1. The van der Waals surface area contributed by atoms with Crippen molar-refractivity contribution in [1.82, 2.24) is 15.3 Å². The molecule has 0 saturated carbocycles. The smallest absolute Gasteiger partial charge is 0.287 e. The number of hydrogen-bond acceptors (Lipinski definition) is 8. The number of nitrogens with one attached hydrogen (secondary N) is 2. The first-order valence-electron chi connectivity index (χ1n) is 10.0. The van der Waals surface area contributed by atoms with Gasteiger partial charge in [-0.1, -0.05) is 18.2 Å². The van der Waals surface area contributed by atoms with Crippen LogP contribution in [0.25, 0.3) is 10.2 Å². The summed E-state index contributed by atoms with van der Waals surface area (Å²) in [5.41, 5.74) is 8.42. The summed E-state index contributed by atoms with van der Waals surface area (Å²) in [4.78, 5) is 57.3. The molecule has 0 fully saturated rings. The van der Waals surface area contributed by atoms with Crippen LogP contribution in [0.5, 0.6) is 0 Å². The maximum Gasteiger partial charge on any atom is 0.287 e. The fourth-order valence-corrected chi connectivity index (χ4v) is 5.01. The van der Waals surface area contributed by atoms with Crippen molar-refractivity contribution in [2.75, 3.05) is 17.2 Å². The van der Waals surface area contributed by atoms with Crippen molar-refractivity contribution in [2.45, 2.75) is 26.4 Å². The van der Waals surface area contributed by atoms with E-state index in [2.05, 4.69) is 15.3 Å². The van der Waals surface area contributed by atoms with Gasteiger partial charge in [0.2, 0.25) is 5.82 Å². The number of anilines is 2. The quantitative estimate of drug-likeness (QED) is 0.395. The Kier molecular flexibility index (Phi) is 4.66. The lowest BCUT2D eigenvalue weighted by molar-refractivity contribution is 0.0940. The Morgan fingerprint density at radius 1 is 1.25 bits per heavy atom. The number of nitrogens with two attached hydrogens (primary N) is 1. The van der Waals surface area contributed by atoms with Crippen LogP contribution >= 0.6 is 11.3 Å². The fourth-order valence-electron chi connectivity index (χ4n) is 4.08. The van der Waals surface area contributed by atoms with Crippen LogP contribution in [0.3, 0.4) is 0 Å². The van der Waals surface area contributed by atoms with Crippen LogP contribution in [0.1, 0.15) is 32.9 Å². The minimum atomic E-state index is -0.621. The summed E-state index contributed by atoms with van der Waals surface area (Å²) in [6, 6.07) is 5.90. The Hall–Kier alpha value is -3.79. The molecule has 0 bridgehead atoms. The van der Waals surface area contributed by atoms with Crippen LogP contribution in [0.4, 0.5) is 11.4 Å². The molecule has 4 aromatic rings. The number of nitrogens with zero attached hydrogens (tertiary/aromatic N) is 2. The molecule has 1 aliphatic rings. The van der Waals surface area contributed by atoms with Gasteiger partial charge in [-0.05, 0) is 41.0 Å². The van der Waals surface area contributed by atoms with Crippen LogP contribution < -0.4 is 32.4 Å². The van der Waals surface area contributed by atoms with Crippen LogP contribution in [-0.4, -0.2) is 22.4 Å². The van der Waals surface area contributed by atoms with E-state index in [0.29, 0.717) is 29.0 Å². The van der Waals surface area contributed by atoms with Crippen molar-refractivity contribution in [2.24, 2.45) is 0 Å². The number of nitrogen functional groups attached to an aromatic ring is 1. The third-order valence-electron chi connectivity index (χ3n) is 5.82. The number of aromatic nitrogens is 2. The SMILES string of the molecule is Cc1csc2nc(C(=O)NCc3ccc4c(c3)CN(c3c(N)c(=O)c3=O)CC4)[nH]c(=O)c12. The van der Waals surface area contributed by atoms with E-state index in [0.717, 1.165) is 28.7 Å². The molecule has 0 atom stereocenters. The molecule has 1 amide bonds. The maximum atomic E-state index is 12.6. The first kappa shape index (κ1) is 20.1. The highest BCUT2D eigenvalue weighted by atomic mass is 32.1. The van der Waals surface area contributed by atoms with E-state index in [9.17, 15) is 19.2 Å². The number of benzene rings is 1. The molecule has 32 heavy (non-hydrogen) atoms. The van der Waals surface area contributed by atoms with Crippen molar-refractivity contribution in [3.05, 3.63) is 82.5 Å². The number of aryl methyl sites for hydroxylation is 1. The Bertz CT molecular complexity index is 1530. The van der Waals surface area contributed by atoms with Crippen molar-refractivity contribution in [3.8, 4) is 0 Å². The summed E-state index contributed by atoms with van der Waals surface area (Å²) < 4.78 is 0. The summed E-state index contributed by atoms with van der Waals surface area (Å²) in [6.07, 6.45) is 0.728. The molecular formula is C22H19N5O4S. The maximum absolute atomic E-state index is 12.6. The molecule has 0 unspecified atom stereocenters. The highest BCUT2D eigenvalue weighted by Crippen LogP contribution is 2.26. The molecular weight excluding hydrogens is 430 g/mol. The molecule has 10 heteroatoms. The summed E-state index contributed by atoms with van der Waals surface area (Å²) in [7, 11) is 0. The molecule has 2 aromatic carbocycles. The predicted octanol–water partition coefficient (Wildman–Crippen LogP) is 0.964. The van der Waals surface area contributed by atoms with E-state index < -0.39 is 16.8 Å². The summed E-state index contributed by atoms with van der Waals surface area (Å²) in [6.45, 7) is 3.16. The van der Waals surface area contributed by atoms with E-state index in [4.69, 9.17) is 5.73 Å². The zero-order valence-electron chi connectivity index (χ0n) is 17.2. The monoisotopic (exact) mass is 449 g/mol. The Balaban J connectivity index is 1.32. The molecule has 9 nitrogen and oxygen atoms in total. The van der Waals surface area contributed by atoms with Gasteiger partial charge in [0.25, 0.3) is 22.3 Å². The number of carbonyl (C=O) groups is 1.